The van der Waals surface area contributed by atoms with Crippen molar-refractivity contribution in [2.24, 2.45) is 0 Å². The van der Waals surface area contributed by atoms with Crippen LogP contribution < -0.4 is 15.4 Å². The molecule has 1 heterocycles. The highest BCUT2D eigenvalue weighted by atomic mass is 16.5. The SMILES string of the molecule is COc1ccccc1CNC(=O)c1ccnc(NCCC2=CCCCC2)c1. The fourth-order valence-corrected chi connectivity index (χ4v) is 3.28. The third-order valence-corrected chi connectivity index (χ3v) is 4.79. The molecule has 1 amide bonds. The minimum Gasteiger partial charge on any atom is -0.496 e. The highest BCUT2D eigenvalue weighted by molar-refractivity contribution is 5.94. The van der Waals surface area contributed by atoms with E-state index in [9.17, 15) is 4.79 Å². The fourth-order valence-electron chi connectivity index (χ4n) is 3.28. The van der Waals surface area contributed by atoms with Crippen LogP contribution in [0.15, 0.2) is 54.2 Å². The second-order valence-corrected chi connectivity index (χ2v) is 6.71. The lowest BCUT2D eigenvalue weighted by Crippen LogP contribution is -2.23. The van der Waals surface area contributed by atoms with Crippen molar-refractivity contribution in [3.05, 3.63) is 65.4 Å². The number of amides is 1. The number of ether oxygens (including phenoxy) is 1. The molecule has 0 fully saturated rings. The zero-order chi connectivity index (χ0) is 18.9. The summed E-state index contributed by atoms with van der Waals surface area (Å²) in [5.41, 5.74) is 3.07. The van der Waals surface area contributed by atoms with Gasteiger partial charge in [0.2, 0.25) is 0 Å². The van der Waals surface area contributed by atoms with Crippen LogP contribution in [0.4, 0.5) is 5.82 Å². The van der Waals surface area contributed by atoms with Crippen molar-refractivity contribution in [3.63, 3.8) is 0 Å². The predicted octanol–water partition coefficient (Wildman–Crippen LogP) is 4.32. The van der Waals surface area contributed by atoms with Gasteiger partial charge in [0, 0.05) is 30.4 Å². The third kappa shape index (κ3) is 5.58. The molecule has 0 aliphatic heterocycles. The number of carbonyl (C=O) groups excluding carboxylic acids is 1. The Morgan fingerprint density at radius 2 is 2.11 bits per heavy atom. The minimum absolute atomic E-state index is 0.124. The Hall–Kier alpha value is -2.82. The van der Waals surface area contributed by atoms with Crippen LogP contribution in [0, 0.1) is 0 Å². The largest absolute Gasteiger partial charge is 0.496 e. The monoisotopic (exact) mass is 365 g/mol. The van der Waals surface area contributed by atoms with Crippen LogP contribution in [0.3, 0.4) is 0 Å². The number of benzene rings is 1. The number of hydrogen-bond donors (Lipinski definition) is 2. The molecular weight excluding hydrogens is 338 g/mol. The van der Waals surface area contributed by atoms with Gasteiger partial charge in [-0.2, -0.15) is 0 Å². The summed E-state index contributed by atoms with van der Waals surface area (Å²) in [6, 6.07) is 11.2. The Kier molecular flexibility index (Phi) is 6.85. The van der Waals surface area contributed by atoms with Crippen molar-refractivity contribution in [1.29, 1.82) is 0 Å². The van der Waals surface area contributed by atoms with Crippen molar-refractivity contribution in [2.45, 2.75) is 38.6 Å². The molecule has 1 aromatic heterocycles. The zero-order valence-electron chi connectivity index (χ0n) is 15.8. The first kappa shape index (κ1) is 19.0. The van der Waals surface area contributed by atoms with Gasteiger partial charge in [-0.25, -0.2) is 4.98 Å². The van der Waals surface area contributed by atoms with Crippen molar-refractivity contribution >= 4 is 11.7 Å². The quantitative estimate of drug-likeness (QED) is 0.684. The van der Waals surface area contributed by atoms with E-state index in [-0.39, 0.29) is 5.91 Å². The normalized spacial score (nSPS) is 13.6. The maximum Gasteiger partial charge on any atom is 0.251 e. The van der Waals surface area contributed by atoms with E-state index < -0.39 is 0 Å². The summed E-state index contributed by atoms with van der Waals surface area (Å²) in [5, 5.41) is 6.27. The predicted molar refractivity (Wildman–Crippen MR) is 108 cm³/mol. The number of rotatable bonds is 8. The lowest BCUT2D eigenvalue weighted by atomic mass is 9.97. The summed E-state index contributed by atoms with van der Waals surface area (Å²) in [7, 11) is 1.63. The molecule has 0 atom stereocenters. The topological polar surface area (TPSA) is 63.2 Å². The number of carbonyl (C=O) groups is 1. The summed E-state index contributed by atoms with van der Waals surface area (Å²) in [6.45, 7) is 1.26. The Morgan fingerprint density at radius 3 is 2.93 bits per heavy atom. The van der Waals surface area contributed by atoms with Crippen LogP contribution in [0.2, 0.25) is 0 Å². The molecule has 5 nitrogen and oxygen atoms in total. The van der Waals surface area contributed by atoms with Crippen molar-refractivity contribution in [3.8, 4) is 5.75 Å². The van der Waals surface area contributed by atoms with Gasteiger partial charge in [-0.05, 0) is 50.3 Å². The van der Waals surface area contributed by atoms with Crippen molar-refractivity contribution in [2.75, 3.05) is 19.0 Å². The molecule has 0 saturated carbocycles. The Morgan fingerprint density at radius 1 is 1.22 bits per heavy atom. The zero-order valence-corrected chi connectivity index (χ0v) is 15.8. The highest BCUT2D eigenvalue weighted by Crippen LogP contribution is 2.20. The van der Waals surface area contributed by atoms with Gasteiger partial charge in [0.25, 0.3) is 5.91 Å². The van der Waals surface area contributed by atoms with Crippen LogP contribution in [0.5, 0.6) is 5.75 Å². The number of aromatic nitrogens is 1. The van der Waals surface area contributed by atoms with Crippen LogP contribution in [-0.2, 0) is 6.54 Å². The maximum absolute atomic E-state index is 12.5. The van der Waals surface area contributed by atoms with E-state index in [2.05, 4.69) is 21.7 Å². The summed E-state index contributed by atoms with van der Waals surface area (Å²) < 4.78 is 5.32. The maximum atomic E-state index is 12.5. The molecule has 0 bridgehead atoms. The van der Waals surface area contributed by atoms with Crippen molar-refractivity contribution in [1.82, 2.24) is 10.3 Å². The van der Waals surface area contributed by atoms with E-state index in [0.29, 0.717) is 12.1 Å². The number of nitrogens with zero attached hydrogens (tertiary/aromatic N) is 1. The minimum atomic E-state index is -0.124. The first-order valence-electron chi connectivity index (χ1n) is 9.54. The van der Waals surface area contributed by atoms with Gasteiger partial charge < -0.3 is 15.4 Å². The molecule has 5 heteroatoms. The Labute approximate surface area is 160 Å². The van der Waals surface area contributed by atoms with Gasteiger partial charge in [0.05, 0.1) is 7.11 Å². The van der Waals surface area contributed by atoms with Gasteiger partial charge in [-0.1, -0.05) is 29.8 Å². The molecule has 1 aromatic carbocycles. The standard InChI is InChI=1S/C22H27N3O2/c1-27-20-10-6-5-9-19(20)16-25-22(26)18-12-14-24-21(15-18)23-13-11-17-7-3-2-4-8-17/h5-7,9-10,12,14-15H,2-4,8,11,13,16H2,1H3,(H,23,24)(H,25,26). The van der Waals surface area contributed by atoms with Gasteiger partial charge in [0.15, 0.2) is 0 Å². The summed E-state index contributed by atoms with van der Waals surface area (Å²) in [4.78, 5) is 16.8. The number of allylic oxidation sites excluding steroid dienone is 1. The van der Waals surface area contributed by atoms with E-state index in [4.69, 9.17) is 4.74 Å². The van der Waals surface area contributed by atoms with Crippen LogP contribution in [0.25, 0.3) is 0 Å². The third-order valence-electron chi connectivity index (χ3n) is 4.79. The van der Waals surface area contributed by atoms with Gasteiger partial charge >= 0.3 is 0 Å². The van der Waals surface area contributed by atoms with E-state index in [1.807, 2.05) is 24.3 Å². The van der Waals surface area contributed by atoms with E-state index in [0.717, 1.165) is 30.1 Å². The number of hydrogen-bond acceptors (Lipinski definition) is 4. The van der Waals surface area contributed by atoms with E-state index in [1.165, 1.54) is 31.3 Å². The average Bonchev–Trinajstić information content (AvgIpc) is 2.73. The lowest BCUT2D eigenvalue weighted by molar-refractivity contribution is 0.0950. The molecule has 2 N–H and O–H groups in total. The molecule has 0 unspecified atom stereocenters. The molecule has 1 aliphatic carbocycles. The molecule has 2 aromatic rings. The number of nitrogens with one attached hydrogen (secondary N) is 2. The number of pyridine rings is 1. The molecular formula is C22H27N3O2. The summed E-state index contributed by atoms with van der Waals surface area (Å²) >= 11 is 0. The van der Waals surface area contributed by atoms with Gasteiger partial charge in [0.1, 0.15) is 11.6 Å². The summed E-state index contributed by atoms with van der Waals surface area (Å²) in [5.74, 6) is 1.38. The van der Waals surface area contributed by atoms with Crippen molar-refractivity contribution < 1.29 is 9.53 Å². The first-order chi connectivity index (χ1) is 13.3. The average molecular weight is 365 g/mol. The summed E-state index contributed by atoms with van der Waals surface area (Å²) in [6.07, 6.45) is 10.1. The van der Waals surface area contributed by atoms with E-state index in [1.54, 1.807) is 25.4 Å². The van der Waals surface area contributed by atoms with Crippen LogP contribution in [0.1, 0.15) is 48.0 Å². The molecule has 0 radical (unpaired) electrons. The van der Waals surface area contributed by atoms with Crippen LogP contribution >= 0.6 is 0 Å². The lowest BCUT2D eigenvalue weighted by Gasteiger charge is -2.13. The number of para-hydroxylation sites is 1. The second-order valence-electron chi connectivity index (χ2n) is 6.71. The molecule has 142 valence electrons. The Balaban J connectivity index is 1.53. The second kappa shape index (κ2) is 9.76. The number of anilines is 1. The van der Waals surface area contributed by atoms with Gasteiger partial charge in [-0.15, -0.1) is 0 Å². The molecule has 0 saturated heterocycles. The smallest absolute Gasteiger partial charge is 0.251 e. The highest BCUT2D eigenvalue weighted by Gasteiger charge is 2.09. The molecule has 1 aliphatic rings. The molecule has 27 heavy (non-hydrogen) atoms. The van der Waals surface area contributed by atoms with Crippen LogP contribution in [-0.4, -0.2) is 24.5 Å². The number of methoxy groups -OCH3 is 1. The first-order valence-corrected chi connectivity index (χ1v) is 9.54. The molecule has 3 rings (SSSR count). The molecule has 0 spiro atoms. The fraction of sp³-hybridized carbons (Fsp3) is 0.364. The Bertz CT molecular complexity index is 802. The van der Waals surface area contributed by atoms with E-state index >= 15 is 0 Å². The van der Waals surface area contributed by atoms with Gasteiger partial charge in [-0.3, -0.25) is 4.79 Å².